The number of aromatic nitrogens is 2. The van der Waals surface area contributed by atoms with Crippen LogP contribution in [0.5, 0.6) is 0 Å². The highest BCUT2D eigenvalue weighted by Crippen LogP contribution is 2.39. The Kier molecular flexibility index (Phi) is 7.67. The van der Waals surface area contributed by atoms with Gasteiger partial charge in [-0.05, 0) is 53.0 Å². The van der Waals surface area contributed by atoms with Crippen molar-refractivity contribution in [2.75, 3.05) is 39.3 Å². The quantitative estimate of drug-likeness (QED) is 0.466. The summed E-state index contributed by atoms with van der Waals surface area (Å²) < 4.78 is 0. The average Bonchev–Trinajstić information content (AvgIpc) is 3.31. The zero-order valence-electron chi connectivity index (χ0n) is 20.4. The van der Waals surface area contributed by atoms with Gasteiger partial charge in [-0.15, -0.1) is 6.42 Å². The molecule has 0 spiro atoms. The highest BCUT2D eigenvalue weighted by atomic mass is 16.3. The number of carbonyl (C=O) groups is 1. The Morgan fingerprint density at radius 2 is 2.00 bits per heavy atom. The van der Waals surface area contributed by atoms with Gasteiger partial charge in [0.2, 0.25) is 5.78 Å². The number of β-amino-alcohol motifs (C(OH)–C–C–N with tert-alkyl or cyclic N) is 1. The molecule has 2 heterocycles. The fourth-order valence-electron chi connectivity index (χ4n) is 4.86. The molecule has 34 heavy (non-hydrogen) atoms. The molecule has 0 unspecified atom stereocenters. The monoisotopic (exact) mass is 460 g/mol. The average molecular weight is 461 g/mol. The molecule has 6 heteroatoms. The molecule has 1 saturated heterocycles. The normalized spacial score (nSPS) is 18.9. The summed E-state index contributed by atoms with van der Waals surface area (Å²) in [6.45, 7) is 10.5. The maximum absolute atomic E-state index is 13.0. The maximum Gasteiger partial charge on any atom is 0.202 e. The van der Waals surface area contributed by atoms with Crippen molar-refractivity contribution in [2.45, 2.75) is 46.1 Å². The molecule has 1 fully saturated rings. The number of imidazole rings is 1. The first-order valence-corrected chi connectivity index (χ1v) is 12.3. The van der Waals surface area contributed by atoms with Crippen molar-refractivity contribution in [1.82, 2.24) is 19.8 Å². The molecular weight excluding hydrogens is 424 g/mol. The molecule has 2 aliphatic rings. The Bertz CT molecular complexity index is 1080. The number of H-pyrrole nitrogens is 1. The van der Waals surface area contributed by atoms with E-state index in [-0.39, 0.29) is 12.4 Å². The molecule has 1 aromatic heterocycles. The predicted octanol–water partition coefficient (Wildman–Crippen LogP) is 3.52. The van der Waals surface area contributed by atoms with E-state index in [0.29, 0.717) is 23.4 Å². The number of terminal acetylenes is 1. The number of nitrogens with one attached hydrogen (secondary N) is 1. The van der Waals surface area contributed by atoms with Crippen LogP contribution in [-0.4, -0.2) is 70.0 Å². The van der Waals surface area contributed by atoms with Gasteiger partial charge in [-0.2, -0.15) is 0 Å². The van der Waals surface area contributed by atoms with Gasteiger partial charge in [0.1, 0.15) is 5.69 Å². The molecule has 0 bridgehead atoms. The van der Waals surface area contributed by atoms with Gasteiger partial charge in [-0.1, -0.05) is 38.0 Å². The van der Waals surface area contributed by atoms with E-state index in [1.807, 2.05) is 0 Å². The first-order chi connectivity index (χ1) is 16.4. The van der Waals surface area contributed by atoms with Crippen LogP contribution in [0.4, 0.5) is 0 Å². The van der Waals surface area contributed by atoms with Crippen molar-refractivity contribution < 1.29 is 9.90 Å². The number of nitrogens with zero attached hydrogens (tertiary/aromatic N) is 3. The van der Waals surface area contributed by atoms with Crippen LogP contribution >= 0.6 is 0 Å². The maximum atomic E-state index is 13.0. The summed E-state index contributed by atoms with van der Waals surface area (Å²) in [5.41, 5.74) is 5.72. The summed E-state index contributed by atoms with van der Waals surface area (Å²) in [6.07, 6.45) is 12.8. The zero-order valence-corrected chi connectivity index (χ0v) is 20.4. The van der Waals surface area contributed by atoms with Gasteiger partial charge in [-0.25, -0.2) is 4.98 Å². The van der Waals surface area contributed by atoms with Gasteiger partial charge in [0.25, 0.3) is 0 Å². The van der Waals surface area contributed by atoms with E-state index in [2.05, 4.69) is 63.8 Å². The number of hydrogen-bond acceptors (Lipinski definition) is 5. The molecule has 180 valence electrons. The summed E-state index contributed by atoms with van der Waals surface area (Å²) in [5.74, 6) is 2.77. The zero-order chi connectivity index (χ0) is 24.1. The van der Waals surface area contributed by atoms with Crippen LogP contribution in [0, 0.1) is 17.8 Å². The van der Waals surface area contributed by atoms with E-state index in [1.165, 1.54) is 22.9 Å². The topological polar surface area (TPSA) is 72.5 Å². The van der Waals surface area contributed by atoms with Gasteiger partial charge in [0.05, 0.1) is 12.8 Å². The van der Waals surface area contributed by atoms with Crippen LogP contribution in [-0.2, 0) is 13.0 Å². The molecule has 0 saturated carbocycles. The van der Waals surface area contributed by atoms with Crippen LogP contribution in [0.15, 0.2) is 30.5 Å². The molecule has 0 atom stereocenters. The van der Waals surface area contributed by atoms with Gasteiger partial charge < -0.3 is 10.1 Å². The standard InChI is InChI=1S/C28H36N4O2/c1-4-24-19-29-27(30-24)26(34)18-23-6-5-21(20-32-13-11-31(12-14-32)15-16-33)17-25(23)22-7-9-28(2,3)10-8-22/h1,5-7,17,19,33H,8-16,18,20H2,2-3H3,(H,29,30). The molecule has 1 aliphatic heterocycles. The minimum atomic E-state index is -0.0488. The molecule has 0 radical (unpaired) electrons. The number of aromatic amines is 1. The summed E-state index contributed by atoms with van der Waals surface area (Å²) in [4.78, 5) is 24.8. The molecule has 2 N–H and O–H groups in total. The van der Waals surface area contributed by atoms with Crippen LogP contribution < -0.4 is 0 Å². The van der Waals surface area contributed by atoms with E-state index in [0.717, 1.165) is 64.1 Å². The number of rotatable bonds is 8. The third-order valence-corrected chi connectivity index (χ3v) is 7.13. The smallest absolute Gasteiger partial charge is 0.202 e. The minimum Gasteiger partial charge on any atom is -0.395 e. The van der Waals surface area contributed by atoms with E-state index < -0.39 is 0 Å². The number of aliphatic hydroxyl groups is 1. The van der Waals surface area contributed by atoms with Gasteiger partial charge in [0, 0.05) is 45.7 Å². The highest BCUT2D eigenvalue weighted by molar-refractivity contribution is 5.95. The highest BCUT2D eigenvalue weighted by Gasteiger charge is 2.24. The number of piperazine rings is 1. The Balaban J connectivity index is 1.54. The van der Waals surface area contributed by atoms with Crippen molar-refractivity contribution >= 4 is 11.4 Å². The number of benzene rings is 1. The SMILES string of the molecule is C#Cc1cnc(C(=O)Cc2ccc(CN3CCN(CCO)CC3)cc2C2=CCC(C)(C)CC2)[nH]1. The molecule has 4 rings (SSSR count). The predicted molar refractivity (Wildman–Crippen MR) is 135 cm³/mol. The molecule has 0 amide bonds. The fourth-order valence-corrected chi connectivity index (χ4v) is 4.86. The Hall–Kier alpha value is -2.72. The van der Waals surface area contributed by atoms with Crippen molar-refractivity contribution in [1.29, 1.82) is 0 Å². The number of aliphatic hydroxyl groups excluding tert-OH is 1. The molecule has 1 aromatic carbocycles. The van der Waals surface area contributed by atoms with E-state index in [1.54, 1.807) is 0 Å². The molecule has 2 aromatic rings. The second-order valence-electron chi connectivity index (χ2n) is 10.3. The van der Waals surface area contributed by atoms with E-state index in [4.69, 9.17) is 6.42 Å². The van der Waals surface area contributed by atoms with Gasteiger partial charge >= 0.3 is 0 Å². The third kappa shape index (κ3) is 6.04. The molecule has 1 aliphatic carbocycles. The lowest BCUT2D eigenvalue weighted by Gasteiger charge is -2.34. The van der Waals surface area contributed by atoms with Crippen molar-refractivity contribution in [3.63, 3.8) is 0 Å². The Morgan fingerprint density at radius 1 is 1.24 bits per heavy atom. The lowest BCUT2D eigenvalue weighted by Crippen LogP contribution is -2.46. The first kappa shape index (κ1) is 24.4. The van der Waals surface area contributed by atoms with Crippen LogP contribution in [0.25, 0.3) is 5.57 Å². The Labute approximate surface area is 203 Å². The fraction of sp³-hybridized carbons (Fsp3) is 0.500. The number of Topliss-reactive ketones (excluding diaryl/α,β-unsaturated/α-hetero) is 1. The summed E-state index contributed by atoms with van der Waals surface area (Å²) in [6, 6.07) is 6.58. The number of ketones is 1. The van der Waals surface area contributed by atoms with Crippen LogP contribution in [0.2, 0.25) is 0 Å². The number of allylic oxidation sites excluding steroid dienone is 2. The third-order valence-electron chi connectivity index (χ3n) is 7.13. The summed E-state index contributed by atoms with van der Waals surface area (Å²) in [5, 5.41) is 9.18. The Morgan fingerprint density at radius 3 is 2.65 bits per heavy atom. The van der Waals surface area contributed by atoms with Gasteiger partial charge in [-0.3, -0.25) is 14.6 Å². The van der Waals surface area contributed by atoms with E-state index in [9.17, 15) is 9.90 Å². The van der Waals surface area contributed by atoms with Crippen molar-refractivity contribution in [3.05, 3.63) is 58.7 Å². The van der Waals surface area contributed by atoms with E-state index >= 15 is 0 Å². The molecule has 6 nitrogen and oxygen atoms in total. The van der Waals surface area contributed by atoms with Crippen molar-refractivity contribution in [2.24, 2.45) is 5.41 Å². The number of hydrogen-bond donors (Lipinski definition) is 2. The van der Waals surface area contributed by atoms with Crippen molar-refractivity contribution in [3.8, 4) is 12.3 Å². The van der Waals surface area contributed by atoms with Crippen LogP contribution in [0.3, 0.4) is 0 Å². The largest absolute Gasteiger partial charge is 0.395 e. The molecular formula is C28H36N4O2. The second kappa shape index (κ2) is 10.7. The summed E-state index contributed by atoms with van der Waals surface area (Å²) in [7, 11) is 0. The number of carbonyl (C=O) groups excluding carboxylic acids is 1. The first-order valence-electron chi connectivity index (χ1n) is 12.3. The van der Waals surface area contributed by atoms with Gasteiger partial charge in [0.15, 0.2) is 5.82 Å². The second-order valence-corrected chi connectivity index (χ2v) is 10.3. The van der Waals surface area contributed by atoms with Crippen LogP contribution in [0.1, 0.15) is 66.1 Å². The lowest BCUT2D eigenvalue weighted by atomic mass is 9.76. The minimum absolute atomic E-state index is 0.0488. The lowest BCUT2D eigenvalue weighted by molar-refractivity contribution is 0.0984. The summed E-state index contributed by atoms with van der Waals surface area (Å²) >= 11 is 0.